The molecule has 0 aliphatic rings. The summed E-state index contributed by atoms with van der Waals surface area (Å²) in [6, 6.07) is 11.2. The highest BCUT2D eigenvalue weighted by Crippen LogP contribution is 2.18. The van der Waals surface area contributed by atoms with Crippen LogP contribution in [0.4, 0.5) is 0 Å². The van der Waals surface area contributed by atoms with E-state index in [4.69, 9.17) is 4.74 Å². The number of esters is 1. The number of benzene rings is 2. The highest BCUT2D eigenvalue weighted by atomic mass is 32.2. The van der Waals surface area contributed by atoms with E-state index in [1.165, 1.54) is 19.1 Å². The number of hydrogen-bond donors (Lipinski definition) is 0. The number of hydrogen-bond acceptors (Lipinski definition) is 5. The molecule has 2 aromatic carbocycles. The van der Waals surface area contributed by atoms with E-state index >= 15 is 0 Å². The number of carbonyl (C=O) groups is 2. The van der Waals surface area contributed by atoms with E-state index in [0.717, 1.165) is 11.8 Å². The van der Waals surface area contributed by atoms with Gasteiger partial charge in [0, 0.05) is 11.8 Å². The highest BCUT2D eigenvalue weighted by molar-refractivity contribution is 7.90. The lowest BCUT2D eigenvalue weighted by Gasteiger charge is -2.14. The maximum Gasteiger partial charge on any atom is 0.339 e. The molecule has 0 heterocycles. The van der Waals surface area contributed by atoms with E-state index in [9.17, 15) is 18.0 Å². The molecular formula is C19H20O5S. The Bertz CT molecular complexity index is 911. The molecule has 6 heteroatoms. The van der Waals surface area contributed by atoms with Gasteiger partial charge in [0.05, 0.1) is 10.5 Å². The van der Waals surface area contributed by atoms with Crippen molar-refractivity contribution in [2.24, 2.45) is 0 Å². The lowest BCUT2D eigenvalue weighted by atomic mass is 10.1. The minimum absolute atomic E-state index is 0.0302. The van der Waals surface area contributed by atoms with Gasteiger partial charge in [-0.2, -0.15) is 0 Å². The van der Waals surface area contributed by atoms with Crippen molar-refractivity contribution in [1.82, 2.24) is 0 Å². The fraction of sp³-hybridized carbons (Fsp3) is 0.263. The molecule has 2 rings (SSSR count). The van der Waals surface area contributed by atoms with Crippen molar-refractivity contribution in [2.45, 2.75) is 31.8 Å². The van der Waals surface area contributed by atoms with E-state index in [1.807, 2.05) is 19.1 Å². The second kappa shape index (κ2) is 7.19. The van der Waals surface area contributed by atoms with Crippen molar-refractivity contribution in [2.75, 3.05) is 6.26 Å². The van der Waals surface area contributed by atoms with Crippen molar-refractivity contribution < 1.29 is 22.7 Å². The van der Waals surface area contributed by atoms with E-state index in [2.05, 4.69) is 0 Å². The number of rotatable bonds is 5. The van der Waals surface area contributed by atoms with Crippen molar-refractivity contribution in [1.29, 1.82) is 0 Å². The Hall–Kier alpha value is -2.47. The fourth-order valence-corrected chi connectivity index (χ4v) is 2.93. The van der Waals surface area contributed by atoms with Gasteiger partial charge in [-0.3, -0.25) is 4.79 Å². The quantitative estimate of drug-likeness (QED) is 0.605. The molecular weight excluding hydrogens is 340 g/mol. The molecule has 132 valence electrons. The Balaban J connectivity index is 2.21. The molecule has 2 aromatic rings. The molecule has 0 N–H and O–H groups in total. The van der Waals surface area contributed by atoms with Crippen LogP contribution in [-0.4, -0.2) is 32.5 Å². The second-order valence-electron chi connectivity index (χ2n) is 6.03. The van der Waals surface area contributed by atoms with Gasteiger partial charge in [0.2, 0.25) is 5.78 Å². The molecule has 5 nitrogen and oxygen atoms in total. The molecule has 0 spiro atoms. The molecule has 0 saturated carbocycles. The zero-order valence-corrected chi connectivity index (χ0v) is 15.4. The highest BCUT2D eigenvalue weighted by Gasteiger charge is 2.22. The third-order valence-electron chi connectivity index (χ3n) is 3.85. The van der Waals surface area contributed by atoms with Crippen molar-refractivity contribution >= 4 is 21.6 Å². The topological polar surface area (TPSA) is 77.5 Å². The number of aryl methyl sites for hydroxylation is 2. The minimum Gasteiger partial charge on any atom is -0.451 e. The molecule has 0 aliphatic heterocycles. The molecule has 0 amide bonds. The minimum atomic E-state index is -3.44. The van der Waals surface area contributed by atoms with Gasteiger partial charge in [-0.05, 0) is 38.5 Å². The third kappa shape index (κ3) is 4.54. The normalized spacial score (nSPS) is 12.5. The summed E-state index contributed by atoms with van der Waals surface area (Å²) in [7, 11) is -3.44. The van der Waals surface area contributed by atoms with Gasteiger partial charge in [-0.1, -0.05) is 35.9 Å². The largest absolute Gasteiger partial charge is 0.451 e. The second-order valence-corrected chi connectivity index (χ2v) is 8.04. The van der Waals surface area contributed by atoms with Crippen LogP contribution in [0.1, 0.15) is 38.8 Å². The molecule has 25 heavy (non-hydrogen) atoms. The Morgan fingerprint density at radius 3 is 2.16 bits per heavy atom. The predicted molar refractivity (Wildman–Crippen MR) is 94.7 cm³/mol. The van der Waals surface area contributed by atoms with Crippen LogP contribution in [0.5, 0.6) is 0 Å². The Morgan fingerprint density at radius 2 is 1.60 bits per heavy atom. The average Bonchev–Trinajstić information content (AvgIpc) is 2.54. The predicted octanol–water partition coefficient (Wildman–Crippen LogP) is 3.14. The first-order valence-corrected chi connectivity index (χ1v) is 9.61. The number of carbonyl (C=O) groups excluding carboxylic acids is 2. The lowest BCUT2D eigenvalue weighted by Crippen LogP contribution is -2.25. The number of sulfone groups is 1. The van der Waals surface area contributed by atoms with E-state index in [-0.39, 0.29) is 16.2 Å². The van der Waals surface area contributed by atoms with E-state index in [1.54, 1.807) is 25.1 Å². The van der Waals surface area contributed by atoms with Gasteiger partial charge in [-0.15, -0.1) is 0 Å². The van der Waals surface area contributed by atoms with E-state index in [0.29, 0.717) is 11.1 Å². The van der Waals surface area contributed by atoms with Gasteiger partial charge in [0.15, 0.2) is 15.9 Å². The first-order valence-electron chi connectivity index (χ1n) is 7.72. The smallest absolute Gasteiger partial charge is 0.339 e. The first-order chi connectivity index (χ1) is 11.6. The SMILES string of the molecule is Cc1ccc(C(=O)[C@H](C)OC(=O)c2cc(S(C)(=O)=O)ccc2C)cc1. The van der Waals surface area contributed by atoms with Crippen molar-refractivity contribution in [3.8, 4) is 0 Å². The third-order valence-corrected chi connectivity index (χ3v) is 4.96. The maximum absolute atomic E-state index is 12.4. The summed E-state index contributed by atoms with van der Waals surface area (Å²) in [4.78, 5) is 24.8. The Labute approximate surface area is 147 Å². The van der Waals surface area contributed by atoms with Gasteiger partial charge in [0.25, 0.3) is 0 Å². The lowest BCUT2D eigenvalue weighted by molar-refractivity contribution is 0.0318. The summed E-state index contributed by atoms with van der Waals surface area (Å²) < 4.78 is 28.6. The van der Waals surface area contributed by atoms with Crippen LogP contribution in [0.15, 0.2) is 47.4 Å². The van der Waals surface area contributed by atoms with Crippen LogP contribution >= 0.6 is 0 Å². The monoisotopic (exact) mass is 360 g/mol. The molecule has 0 unspecified atom stereocenters. The van der Waals surface area contributed by atoms with Gasteiger partial charge < -0.3 is 4.74 Å². The summed E-state index contributed by atoms with van der Waals surface area (Å²) in [6.45, 7) is 5.08. The zero-order chi connectivity index (χ0) is 18.8. The summed E-state index contributed by atoms with van der Waals surface area (Å²) >= 11 is 0. The van der Waals surface area contributed by atoms with Crippen LogP contribution in [0.2, 0.25) is 0 Å². The molecule has 0 aromatic heterocycles. The summed E-state index contributed by atoms with van der Waals surface area (Å²) in [6.07, 6.45) is 0.0903. The van der Waals surface area contributed by atoms with Gasteiger partial charge in [0.1, 0.15) is 0 Å². The molecule has 0 radical (unpaired) electrons. The molecule has 1 atom stereocenters. The Morgan fingerprint density at radius 1 is 1.00 bits per heavy atom. The number of ether oxygens (including phenoxy) is 1. The summed E-state index contributed by atoms with van der Waals surface area (Å²) in [5.74, 6) is -1.04. The zero-order valence-electron chi connectivity index (χ0n) is 14.6. The fourth-order valence-electron chi connectivity index (χ4n) is 2.28. The molecule has 0 bridgehead atoms. The number of Topliss-reactive ketones (excluding diaryl/α,β-unsaturated/α-hetero) is 1. The van der Waals surface area contributed by atoms with E-state index < -0.39 is 21.9 Å². The standard InChI is InChI=1S/C19H20O5S/c1-12-5-8-15(9-6-12)18(20)14(3)24-19(21)17-11-16(25(4,22)23)10-7-13(17)2/h5-11,14H,1-4H3/t14-/m0/s1. The maximum atomic E-state index is 12.4. The van der Waals surface area contributed by atoms with Crippen LogP contribution in [-0.2, 0) is 14.6 Å². The summed E-state index contributed by atoms with van der Waals surface area (Å²) in [5, 5.41) is 0. The molecule has 0 saturated heterocycles. The first kappa shape index (κ1) is 18.9. The van der Waals surface area contributed by atoms with Crippen LogP contribution in [0.25, 0.3) is 0 Å². The van der Waals surface area contributed by atoms with Crippen LogP contribution in [0.3, 0.4) is 0 Å². The molecule has 0 fully saturated rings. The Kier molecular flexibility index (Phi) is 5.42. The van der Waals surface area contributed by atoms with Crippen molar-refractivity contribution in [3.05, 3.63) is 64.7 Å². The van der Waals surface area contributed by atoms with Crippen LogP contribution in [0, 0.1) is 13.8 Å². The van der Waals surface area contributed by atoms with Crippen LogP contribution < -0.4 is 0 Å². The van der Waals surface area contributed by atoms with Gasteiger partial charge >= 0.3 is 5.97 Å². The molecule has 0 aliphatic carbocycles. The van der Waals surface area contributed by atoms with Gasteiger partial charge in [-0.25, -0.2) is 13.2 Å². The van der Waals surface area contributed by atoms with Crippen molar-refractivity contribution in [3.63, 3.8) is 0 Å². The number of ketones is 1. The average molecular weight is 360 g/mol. The summed E-state index contributed by atoms with van der Waals surface area (Å²) in [5.41, 5.74) is 2.18.